The van der Waals surface area contributed by atoms with Gasteiger partial charge in [0.15, 0.2) is 0 Å². The first-order valence-electron chi connectivity index (χ1n) is 5.52. The minimum atomic E-state index is -1.02. The van der Waals surface area contributed by atoms with E-state index in [1.165, 1.54) is 12.1 Å². The molecule has 0 bridgehead atoms. The Balaban J connectivity index is 2.85. The van der Waals surface area contributed by atoms with Crippen LogP contribution in [-0.2, 0) is 4.79 Å². The number of hydrogen-bond acceptors (Lipinski definition) is 2. The Morgan fingerprint density at radius 1 is 1.39 bits per heavy atom. The van der Waals surface area contributed by atoms with Gasteiger partial charge < -0.3 is 10.4 Å². The largest absolute Gasteiger partial charge is 0.481 e. The third-order valence-electron chi connectivity index (χ3n) is 2.41. The fourth-order valence-corrected chi connectivity index (χ4v) is 1.60. The molecule has 0 aromatic heterocycles. The molecule has 0 radical (unpaired) electrons. The topological polar surface area (TPSA) is 66.4 Å². The first kappa shape index (κ1) is 14.2. The highest BCUT2D eigenvalue weighted by molar-refractivity contribution is 5.95. The van der Waals surface area contributed by atoms with Crippen molar-refractivity contribution in [3.63, 3.8) is 0 Å². The first-order valence-corrected chi connectivity index (χ1v) is 5.52. The normalized spacial score (nSPS) is 11.1. The van der Waals surface area contributed by atoms with E-state index >= 15 is 0 Å². The summed E-state index contributed by atoms with van der Waals surface area (Å²) in [6, 6.07) is 4.28. The number of rotatable bonds is 4. The molecule has 0 atom stereocenters. The van der Waals surface area contributed by atoms with Gasteiger partial charge in [-0.15, -0.1) is 0 Å². The molecule has 2 N–H and O–H groups in total. The van der Waals surface area contributed by atoms with Crippen LogP contribution < -0.4 is 5.32 Å². The molecule has 0 saturated heterocycles. The molecule has 5 heteroatoms. The molecule has 18 heavy (non-hydrogen) atoms. The molecular weight excluding hydrogens is 237 g/mol. The number of benzene rings is 1. The molecule has 4 nitrogen and oxygen atoms in total. The molecule has 0 unspecified atom stereocenters. The molecule has 1 aromatic rings. The Morgan fingerprint density at radius 3 is 2.50 bits per heavy atom. The molecule has 0 heterocycles. The first-order chi connectivity index (χ1) is 8.21. The average Bonchev–Trinajstić information content (AvgIpc) is 2.13. The Bertz CT molecular complexity index is 483. The van der Waals surface area contributed by atoms with Gasteiger partial charge in [0.25, 0.3) is 5.91 Å². The maximum atomic E-state index is 13.6. The van der Waals surface area contributed by atoms with E-state index in [1.54, 1.807) is 26.8 Å². The van der Waals surface area contributed by atoms with Gasteiger partial charge in [-0.05, 0) is 38.5 Å². The lowest BCUT2D eigenvalue weighted by atomic mass is 10.00. The van der Waals surface area contributed by atoms with Gasteiger partial charge in [0.2, 0.25) is 0 Å². The molecule has 0 saturated carbocycles. The van der Waals surface area contributed by atoms with E-state index in [4.69, 9.17) is 5.11 Å². The van der Waals surface area contributed by atoms with Crippen molar-refractivity contribution in [1.82, 2.24) is 5.32 Å². The summed E-state index contributed by atoms with van der Waals surface area (Å²) >= 11 is 0. The quantitative estimate of drug-likeness (QED) is 0.863. The number of carboxylic acids is 1. The summed E-state index contributed by atoms with van der Waals surface area (Å²) in [4.78, 5) is 22.4. The fraction of sp³-hybridized carbons (Fsp3) is 0.385. The Morgan fingerprint density at radius 2 is 2.00 bits per heavy atom. The summed E-state index contributed by atoms with van der Waals surface area (Å²) in [5.74, 6) is -2.25. The van der Waals surface area contributed by atoms with Crippen LogP contribution in [0.4, 0.5) is 4.39 Å². The van der Waals surface area contributed by atoms with Crippen molar-refractivity contribution in [3.8, 4) is 0 Å². The zero-order chi connectivity index (χ0) is 13.9. The number of hydrogen-bond donors (Lipinski definition) is 2. The lowest BCUT2D eigenvalue weighted by molar-refractivity contribution is -0.138. The monoisotopic (exact) mass is 253 g/mol. The number of halogens is 1. The molecular formula is C13H16FNO3. The van der Waals surface area contributed by atoms with Gasteiger partial charge in [-0.3, -0.25) is 9.59 Å². The van der Waals surface area contributed by atoms with Crippen LogP contribution in [0.15, 0.2) is 18.2 Å². The molecule has 0 spiro atoms. The van der Waals surface area contributed by atoms with Gasteiger partial charge in [-0.1, -0.05) is 6.07 Å². The number of nitrogens with one attached hydrogen (secondary N) is 1. The van der Waals surface area contributed by atoms with E-state index in [9.17, 15) is 14.0 Å². The molecule has 0 aliphatic carbocycles. The van der Waals surface area contributed by atoms with E-state index in [0.717, 1.165) is 0 Å². The van der Waals surface area contributed by atoms with Crippen LogP contribution >= 0.6 is 0 Å². The summed E-state index contributed by atoms with van der Waals surface area (Å²) in [7, 11) is 0. The van der Waals surface area contributed by atoms with Crippen LogP contribution in [0.3, 0.4) is 0 Å². The van der Waals surface area contributed by atoms with Crippen LogP contribution in [0.5, 0.6) is 0 Å². The molecule has 0 fully saturated rings. The lowest BCUT2D eigenvalue weighted by Crippen LogP contribution is -2.45. The van der Waals surface area contributed by atoms with Crippen LogP contribution in [0, 0.1) is 12.7 Å². The number of aliphatic carboxylic acids is 1. The standard InChI is InChI=1S/C13H16FNO3/c1-8-4-5-9(10(14)6-8)12(18)15-13(2,3)7-11(16)17/h4-6H,7H2,1-3H3,(H,15,18)(H,16,17). The highest BCUT2D eigenvalue weighted by Crippen LogP contribution is 2.13. The van der Waals surface area contributed by atoms with Crippen LogP contribution in [0.2, 0.25) is 0 Å². The highest BCUT2D eigenvalue weighted by atomic mass is 19.1. The van der Waals surface area contributed by atoms with Gasteiger partial charge in [-0.2, -0.15) is 0 Å². The van der Waals surface area contributed by atoms with Crippen LogP contribution in [-0.4, -0.2) is 22.5 Å². The second-order valence-electron chi connectivity index (χ2n) is 4.89. The average molecular weight is 253 g/mol. The zero-order valence-electron chi connectivity index (χ0n) is 10.6. The Hall–Kier alpha value is -1.91. The minimum Gasteiger partial charge on any atom is -0.481 e. The maximum Gasteiger partial charge on any atom is 0.305 e. The second kappa shape index (κ2) is 5.16. The third kappa shape index (κ3) is 3.84. The number of carboxylic acid groups (broad SMARTS) is 1. The Labute approximate surface area is 105 Å². The van der Waals surface area contributed by atoms with Crippen molar-refractivity contribution >= 4 is 11.9 Å². The molecule has 0 aliphatic heterocycles. The van der Waals surface area contributed by atoms with E-state index in [2.05, 4.69) is 5.32 Å². The van der Waals surface area contributed by atoms with Gasteiger partial charge in [0, 0.05) is 5.54 Å². The van der Waals surface area contributed by atoms with Crippen molar-refractivity contribution in [1.29, 1.82) is 0 Å². The maximum absolute atomic E-state index is 13.6. The van der Waals surface area contributed by atoms with Crippen molar-refractivity contribution in [2.75, 3.05) is 0 Å². The predicted molar refractivity (Wildman–Crippen MR) is 64.9 cm³/mol. The molecule has 0 aliphatic rings. The summed E-state index contributed by atoms with van der Waals surface area (Å²) < 4.78 is 13.6. The van der Waals surface area contributed by atoms with E-state index in [0.29, 0.717) is 5.56 Å². The van der Waals surface area contributed by atoms with Crippen LogP contribution in [0.25, 0.3) is 0 Å². The lowest BCUT2D eigenvalue weighted by Gasteiger charge is -2.24. The van der Waals surface area contributed by atoms with Gasteiger partial charge in [0.1, 0.15) is 5.82 Å². The molecule has 98 valence electrons. The molecule has 1 rings (SSSR count). The van der Waals surface area contributed by atoms with Crippen molar-refractivity contribution in [2.45, 2.75) is 32.7 Å². The number of carbonyl (C=O) groups excluding carboxylic acids is 1. The van der Waals surface area contributed by atoms with Gasteiger partial charge in [0.05, 0.1) is 12.0 Å². The molecule has 1 amide bonds. The minimum absolute atomic E-state index is 0.0842. The highest BCUT2D eigenvalue weighted by Gasteiger charge is 2.25. The summed E-state index contributed by atoms with van der Waals surface area (Å²) in [5, 5.41) is 11.2. The number of carbonyl (C=O) groups is 2. The fourth-order valence-electron chi connectivity index (χ4n) is 1.60. The van der Waals surface area contributed by atoms with E-state index < -0.39 is 23.2 Å². The third-order valence-corrected chi connectivity index (χ3v) is 2.41. The summed E-state index contributed by atoms with van der Waals surface area (Å²) in [6.45, 7) is 4.87. The van der Waals surface area contributed by atoms with Crippen LogP contribution in [0.1, 0.15) is 36.2 Å². The Kier molecular flexibility index (Phi) is 4.06. The SMILES string of the molecule is Cc1ccc(C(=O)NC(C)(C)CC(=O)O)c(F)c1. The smallest absolute Gasteiger partial charge is 0.305 e. The van der Waals surface area contributed by atoms with E-state index in [1.807, 2.05) is 0 Å². The van der Waals surface area contributed by atoms with Crippen molar-refractivity contribution in [2.24, 2.45) is 0 Å². The number of aryl methyl sites for hydroxylation is 1. The second-order valence-corrected chi connectivity index (χ2v) is 4.89. The summed E-state index contributed by atoms with van der Waals surface area (Å²) in [6.07, 6.45) is -0.230. The molecule has 1 aromatic carbocycles. The zero-order valence-corrected chi connectivity index (χ0v) is 10.6. The predicted octanol–water partition coefficient (Wildman–Crippen LogP) is 2.12. The van der Waals surface area contributed by atoms with Crippen molar-refractivity contribution < 1.29 is 19.1 Å². The van der Waals surface area contributed by atoms with Gasteiger partial charge in [-0.25, -0.2) is 4.39 Å². The van der Waals surface area contributed by atoms with Gasteiger partial charge >= 0.3 is 5.97 Å². The number of amides is 1. The van der Waals surface area contributed by atoms with E-state index in [-0.39, 0.29) is 12.0 Å². The summed E-state index contributed by atoms with van der Waals surface area (Å²) in [5.41, 5.74) is -0.298. The van der Waals surface area contributed by atoms with Crippen molar-refractivity contribution in [3.05, 3.63) is 35.1 Å².